The van der Waals surface area contributed by atoms with Crippen molar-refractivity contribution in [2.75, 3.05) is 16.8 Å². The molecule has 3 fully saturated rings. The van der Waals surface area contributed by atoms with Gasteiger partial charge in [-0.25, -0.2) is 4.90 Å². The van der Waals surface area contributed by atoms with E-state index >= 15 is 0 Å². The molecule has 6 nitrogen and oxygen atoms in total. The highest BCUT2D eigenvalue weighted by molar-refractivity contribution is 6.23. The predicted molar refractivity (Wildman–Crippen MR) is 119 cm³/mol. The Kier molecular flexibility index (Phi) is 4.25. The molecule has 3 amide bonds. The summed E-state index contributed by atoms with van der Waals surface area (Å²) in [6, 6.07) is 13.9. The SMILES string of the molecule is CCOc1ccc(NC(=O)c2cccc(N3C(=O)C4C5C=CC(C6CC56)C4C3=O)c2)cc1. The van der Waals surface area contributed by atoms with E-state index in [1.54, 1.807) is 48.5 Å². The molecule has 6 unspecified atom stereocenters. The normalized spacial score (nSPS) is 31.3. The Morgan fingerprint density at radius 3 is 2.28 bits per heavy atom. The topological polar surface area (TPSA) is 75.7 Å². The van der Waals surface area contributed by atoms with Gasteiger partial charge in [0.05, 0.1) is 24.1 Å². The molecule has 5 aliphatic rings. The number of anilines is 2. The second-order valence-corrected chi connectivity index (χ2v) is 9.13. The number of allylic oxidation sites excluding steroid dienone is 2. The predicted octanol–water partition coefficient (Wildman–Crippen LogP) is 3.90. The van der Waals surface area contributed by atoms with Crippen molar-refractivity contribution in [2.24, 2.45) is 35.5 Å². The van der Waals surface area contributed by atoms with Crippen molar-refractivity contribution in [1.82, 2.24) is 0 Å². The molecule has 2 aromatic rings. The molecule has 4 aliphatic carbocycles. The Morgan fingerprint density at radius 1 is 1.00 bits per heavy atom. The highest BCUT2D eigenvalue weighted by atomic mass is 16.5. The molecule has 6 atom stereocenters. The minimum atomic E-state index is -0.296. The van der Waals surface area contributed by atoms with Crippen LogP contribution in [0.4, 0.5) is 11.4 Å². The van der Waals surface area contributed by atoms with E-state index in [4.69, 9.17) is 4.74 Å². The summed E-state index contributed by atoms with van der Waals surface area (Å²) in [7, 11) is 0. The van der Waals surface area contributed by atoms with E-state index in [9.17, 15) is 14.4 Å². The van der Waals surface area contributed by atoms with Crippen LogP contribution in [0.2, 0.25) is 0 Å². The van der Waals surface area contributed by atoms with Crippen LogP contribution in [0.25, 0.3) is 0 Å². The van der Waals surface area contributed by atoms with Crippen LogP contribution in [-0.4, -0.2) is 24.3 Å². The van der Waals surface area contributed by atoms with Crippen LogP contribution in [0.15, 0.2) is 60.7 Å². The van der Waals surface area contributed by atoms with Crippen molar-refractivity contribution < 1.29 is 19.1 Å². The van der Waals surface area contributed by atoms with Gasteiger partial charge in [0.25, 0.3) is 5.91 Å². The molecule has 2 saturated carbocycles. The fraction of sp³-hybridized carbons (Fsp3) is 0.346. The number of rotatable bonds is 5. The monoisotopic (exact) mass is 428 g/mol. The molecule has 1 heterocycles. The van der Waals surface area contributed by atoms with E-state index in [2.05, 4.69) is 17.5 Å². The molecular formula is C26H24N2O4. The Hall–Kier alpha value is -3.41. The van der Waals surface area contributed by atoms with Crippen molar-refractivity contribution in [1.29, 1.82) is 0 Å². The van der Waals surface area contributed by atoms with Crippen LogP contribution in [0, 0.1) is 35.5 Å². The fourth-order valence-corrected chi connectivity index (χ4v) is 6.00. The number of nitrogens with zero attached hydrogens (tertiary/aromatic N) is 1. The van der Waals surface area contributed by atoms with E-state index in [1.165, 1.54) is 4.90 Å². The third kappa shape index (κ3) is 2.82. The molecule has 2 bridgehead atoms. The van der Waals surface area contributed by atoms with Crippen molar-refractivity contribution >= 4 is 29.1 Å². The molecule has 2 aromatic carbocycles. The van der Waals surface area contributed by atoms with Gasteiger partial charge in [-0.1, -0.05) is 18.2 Å². The largest absolute Gasteiger partial charge is 0.494 e. The fourth-order valence-electron chi connectivity index (χ4n) is 6.00. The van der Waals surface area contributed by atoms with Gasteiger partial charge in [0.15, 0.2) is 0 Å². The van der Waals surface area contributed by atoms with Crippen LogP contribution in [0.5, 0.6) is 5.75 Å². The van der Waals surface area contributed by atoms with E-state index in [-0.39, 0.29) is 41.4 Å². The quantitative estimate of drug-likeness (QED) is 0.579. The summed E-state index contributed by atoms with van der Waals surface area (Å²) < 4.78 is 5.43. The maximum atomic E-state index is 13.3. The average molecular weight is 428 g/mol. The first-order chi connectivity index (χ1) is 15.6. The van der Waals surface area contributed by atoms with Gasteiger partial charge in [0.2, 0.25) is 11.8 Å². The van der Waals surface area contributed by atoms with Gasteiger partial charge in [-0.2, -0.15) is 0 Å². The van der Waals surface area contributed by atoms with Gasteiger partial charge in [-0.3, -0.25) is 14.4 Å². The zero-order valence-corrected chi connectivity index (χ0v) is 17.7. The zero-order chi connectivity index (χ0) is 22.0. The summed E-state index contributed by atoms with van der Waals surface area (Å²) in [5.74, 6) is 1.21. The zero-order valence-electron chi connectivity index (χ0n) is 17.7. The average Bonchev–Trinajstić information content (AvgIpc) is 3.59. The highest BCUT2D eigenvalue weighted by Gasteiger charge is 2.67. The summed E-state index contributed by atoms with van der Waals surface area (Å²) >= 11 is 0. The molecule has 1 aliphatic heterocycles. The number of ether oxygens (including phenoxy) is 1. The number of nitrogens with one attached hydrogen (secondary N) is 1. The van der Waals surface area contributed by atoms with E-state index in [1.807, 2.05) is 6.92 Å². The minimum absolute atomic E-state index is 0.117. The maximum absolute atomic E-state index is 13.3. The molecule has 0 spiro atoms. The van der Waals surface area contributed by atoms with Gasteiger partial charge >= 0.3 is 0 Å². The number of hydrogen-bond donors (Lipinski definition) is 1. The van der Waals surface area contributed by atoms with E-state index in [0.717, 1.165) is 12.2 Å². The Morgan fingerprint density at radius 2 is 1.66 bits per heavy atom. The van der Waals surface area contributed by atoms with E-state index in [0.29, 0.717) is 35.4 Å². The number of hydrogen-bond acceptors (Lipinski definition) is 4. The van der Waals surface area contributed by atoms with Gasteiger partial charge in [0.1, 0.15) is 5.75 Å². The summed E-state index contributed by atoms with van der Waals surface area (Å²) in [6.45, 7) is 2.49. The molecule has 1 N–H and O–H groups in total. The van der Waals surface area contributed by atoms with Crippen molar-refractivity contribution in [3.8, 4) is 5.75 Å². The summed E-state index contributed by atoms with van der Waals surface area (Å²) in [6.07, 6.45) is 5.46. The lowest BCUT2D eigenvalue weighted by Gasteiger charge is -2.37. The molecule has 162 valence electrons. The third-order valence-corrected chi connectivity index (χ3v) is 7.45. The molecule has 6 heteroatoms. The second kappa shape index (κ2) is 7.05. The Balaban J connectivity index is 1.23. The lowest BCUT2D eigenvalue weighted by atomic mass is 9.63. The van der Waals surface area contributed by atoms with Crippen LogP contribution < -0.4 is 15.0 Å². The second-order valence-electron chi connectivity index (χ2n) is 9.13. The number of benzene rings is 2. The third-order valence-electron chi connectivity index (χ3n) is 7.45. The first-order valence-electron chi connectivity index (χ1n) is 11.3. The first-order valence-corrected chi connectivity index (χ1v) is 11.3. The molecule has 7 rings (SSSR count). The molecule has 1 saturated heterocycles. The smallest absolute Gasteiger partial charge is 0.255 e. The standard InChI is InChI=1S/C26H24N2O4/c1-2-32-17-8-6-15(7-9-17)27-24(29)14-4-3-5-16(12-14)28-25(30)22-18-10-11-19(21-13-20(18)21)23(22)26(28)31/h3-12,18-23H,2,13H2,1H3,(H,27,29). The Labute approximate surface area is 186 Å². The molecular weight excluding hydrogens is 404 g/mol. The van der Waals surface area contributed by atoms with Gasteiger partial charge in [-0.15, -0.1) is 0 Å². The van der Waals surface area contributed by atoms with Gasteiger partial charge in [0, 0.05) is 11.3 Å². The molecule has 32 heavy (non-hydrogen) atoms. The number of carbonyl (C=O) groups excluding carboxylic acids is 3. The van der Waals surface area contributed by atoms with Crippen LogP contribution >= 0.6 is 0 Å². The van der Waals surface area contributed by atoms with Crippen molar-refractivity contribution in [3.63, 3.8) is 0 Å². The lowest BCUT2D eigenvalue weighted by Crippen LogP contribution is -2.40. The van der Waals surface area contributed by atoms with Gasteiger partial charge in [-0.05, 0) is 79.5 Å². The first kappa shape index (κ1) is 19.3. The van der Waals surface area contributed by atoms with E-state index < -0.39 is 0 Å². The number of amides is 3. The summed E-state index contributed by atoms with van der Waals surface area (Å²) in [4.78, 5) is 40.8. The maximum Gasteiger partial charge on any atom is 0.255 e. The summed E-state index contributed by atoms with van der Waals surface area (Å²) in [5, 5.41) is 2.86. The number of carbonyl (C=O) groups is 3. The van der Waals surface area contributed by atoms with Crippen LogP contribution in [0.3, 0.4) is 0 Å². The van der Waals surface area contributed by atoms with Crippen LogP contribution in [-0.2, 0) is 9.59 Å². The molecule has 0 aromatic heterocycles. The molecule has 0 radical (unpaired) electrons. The minimum Gasteiger partial charge on any atom is -0.494 e. The Bertz CT molecular complexity index is 1120. The summed E-state index contributed by atoms with van der Waals surface area (Å²) in [5.41, 5.74) is 1.52. The van der Waals surface area contributed by atoms with Crippen LogP contribution in [0.1, 0.15) is 23.7 Å². The highest BCUT2D eigenvalue weighted by Crippen LogP contribution is 2.65. The van der Waals surface area contributed by atoms with Gasteiger partial charge < -0.3 is 10.1 Å². The lowest BCUT2D eigenvalue weighted by molar-refractivity contribution is -0.124. The van der Waals surface area contributed by atoms with Crippen molar-refractivity contribution in [3.05, 3.63) is 66.2 Å². The number of imide groups is 1. The van der Waals surface area contributed by atoms with Crippen molar-refractivity contribution in [2.45, 2.75) is 13.3 Å².